The number of carboxylic acid groups (broad SMARTS) is 1. The van der Waals surface area contributed by atoms with Crippen LogP contribution in [0.1, 0.15) is 89.9 Å². The lowest BCUT2D eigenvalue weighted by molar-refractivity contribution is -0.136. The minimum Gasteiger partial charge on any atom is -0.481 e. The van der Waals surface area contributed by atoms with E-state index in [0.717, 1.165) is 43.8 Å². The van der Waals surface area contributed by atoms with Crippen molar-refractivity contribution in [2.24, 2.45) is 0 Å². The second-order valence-corrected chi connectivity index (χ2v) is 11.0. The van der Waals surface area contributed by atoms with Crippen molar-refractivity contribution in [2.75, 3.05) is 13.1 Å². The van der Waals surface area contributed by atoms with Crippen LogP contribution in [-0.4, -0.2) is 35.0 Å². The Morgan fingerprint density at radius 1 is 0.786 bits per heavy atom. The summed E-state index contributed by atoms with van der Waals surface area (Å²) >= 11 is 0. The van der Waals surface area contributed by atoms with E-state index in [2.05, 4.69) is 89.8 Å². The van der Waals surface area contributed by atoms with Crippen LogP contribution in [0.3, 0.4) is 0 Å². The van der Waals surface area contributed by atoms with Crippen molar-refractivity contribution in [2.45, 2.75) is 63.7 Å². The number of benzene rings is 4. The summed E-state index contributed by atoms with van der Waals surface area (Å²) in [7, 11) is 0. The summed E-state index contributed by atoms with van der Waals surface area (Å²) in [6, 6.07) is 40.3. The molecule has 1 saturated carbocycles. The molecule has 0 heterocycles. The highest BCUT2D eigenvalue weighted by Crippen LogP contribution is 2.36. The summed E-state index contributed by atoms with van der Waals surface area (Å²) in [4.78, 5) is 25.0. The number of amides is 1. The van der Waals surface area contributed by atoms with E-state index in [0.29, 0.717) is 0 Å². The predicted octanol–water partition coefficient (Wildman–Crippen LogP) is 8.73. The van der Waals surface area contributed by atoms with E-state index in [-0.39, 0.29) is 18.2 Å². The lowest BCUT2D eigenvalue weighted by Crippen LogP contribution is -2.34. The number of carbonyl (C=O) groups is 2. The van der Waals surface area contributed by atoms with Gasteiger partial charge in [-0.05, 0) is 72.4 Å². The molecule has 1 fully saturated rings. The maximum absolute atomic E-state index is 13.6. The molecule has 0 aliphatic heterocycles. The molecule has 0 bridgehead atoms. The number of aliphatic carboxylic acids is 1. The summed E-state index contributed by atoms with van der Waals surface area (Å²) in [6.45, 7) is 3.09. The summed E-state index contributed by atoms with van der Waals surface area (Å²) < 4.78 is 0. The first-order valence-corrected chi connectivity index (χ1v) is 15.3. The molecule has 0 atom stereocenters. The van der Waals surface area contributed by atoms with Crippen LogP contribution in [-0.2, 0) is 11.2 Å². The van der Waals surface area contributed by atoms with Gasteiger partial charge < -0.3 is 10.0 Å². The largest absolute Gasteiger partial charge is 0.481 e. The van der Waals surface area contributed by atoms with Gasteiger partial charge in [0.1, 0.15) is 0 Å². The fraction of sp³-hybridized carbons (Fsp3) is 0.316. The molecular weight excluding hydrogens is 518 g/mol. The highest BCUT2D eigenvalue weighted by Gasteiger charge is 2.21. The lowest BCUT2D eigenvalue weighted by atomic mass is 9.79. The van der Waals surface area contributed by atoms with Crippen LogP contribution in [0.4, 0.5) is 0 Å². The number of aryl methyl sites for hydroxylation is 1. The Hall–Kier alpha value is -4.18. The first kappa shape index (κ1) is 30.8. The molecule has 1 aliphatic carbocycles. The second kappa shape index (κ2) is 16.3. The van der Waals surface area contributed by atoms with Gasteiger partial charge in [-0.25, -0.2) is 0 Å². The van der Waals surface area contributed by atoms with Crippen LogP contribution >= 0.6 is 0 Å². The molecule has 4 nitrogen and oxygen atoms in total. The van der Waals surface area contributed by atoms with Crippen LogP contribution in [0.2, 0.25) is 0 Å². The highest BCUT2D eigenvalue weighted by molar-refractivity contribution is 5.94. The fourth-order valence-corrected chi connectivity index (χ4v) is 5.48. The molecule has 0 unspecified atom stereocenters. The molecule has 218 valence electrons. The average molecular weight is 562 g/mol. The Bertz CT molecular complexity index is 1330. The molecule has 4 heteroatoms. The van der Waals surface area contributed by atoms with Gasteiger partial charge in [-0.3, -0.25) is 9.59 Å². The van der Waals surface area contributed by atoms with E-state index in [4.69, 9.17) is 5.11 Å². The predicted molar refractivity (Wildman–Crippen MR) is 171 cm³/mol. The number of hydrogen-bond donors (Lipinski definition) is 1. The van der Waals surface area contributed by atoms with Crippen LogP contribution in [0, 0.1) is 0 Å². The SMILES string of the molecule is CCC(=O)O.O=C(c1ccccc1)N(CCCc1cccc(C2CCC2)c1)CCC(c1ccccc1)c1ccccc1. The Kier molecular flexibility index (Phi) is 11.9. The maximum atomic E-state index is 13.6. The van der Waals surface area contributed by atoms with Crippen molar-refractivity contribution >= 4 is 11.9 Å². The monoisotopic (exact) mass is 561 g/mol. The van der Waals surface area contributed by atoms with E-state index in [1.165, 1.54) is 41.5 Å². The molecule has 42 heavy (non-hydrogen) atoms. The Balaban J connectivity index is 0.000000748. The number of hydrogen-bond acceptors (Lipinski definition) is 2. The topological polar surface area (TPSA) is 57.6 Å². The third-order valence-corrected chi connectivity index (χ3v) is 8.12. The quantitative estimate of drug-likeness (QED) is 0.188. The number of rotatable bonds is 12. The van der Waals surface area contributed by atoms with Gasteiger partial charge in [0.25, 0.3) is 5.91 Å². The zero-order valence-corrected chi connectivity index (χ0v) is 24.7. The van der Waals surface area contributed by atoms with Gasteiger partial charge in [-0.15, -0.1) is 0 Å². The van der Waals surface area contributed by atoms with Crippen molar-refractivity contribution in [3.8, 4) is 0 Å². The zero-order chi connectivity index (χ0) is 29.6. The van der Waals surface area contributed by atoms with Crippen LogP contribution < -0.4 is 0 Å². The molecular formula is C38H43NO3. The molecule has 4 aromatic rings. The van der Waals surface area contributed by atoms with E-state index in [9.17, 15) is 9.59 Å². The van der Waals surface area contributed by atoms with E-state index >= 15 is 0 Å². The molecule has 1 aliphatic rings. The second-order valence-electron chi connectivity index (χ2n) is 11.0. The minimum absolute atomic E-state index is 0.128. The van der Waals surface area contributed by atoms with Crippen molar-refractivity contribution in [1.82, 2.24) is 4.90 Å². The van der Waals surface area contributed by atoms with Crippen molar-refractivity contribution in [1.29, 1.82) is 0 Å². The first-order chi connectivity index (χ1) is 20.5. The third kappa shape index (κ3) is 9.17. The number of carboxylic acids is 1. The smallest absolute Gasteiger partial charge is 0.303 e. The van der Waals surface area contributed by atoms with E-state index < -0.39 is 5.97 Å². The van der Waals surface area contributed by atoms with Gasteiger partial charge in [0.2, 0.25) is 0 Å². The Labute approximate surface area is 251 Å². The van der Waals surface area contributed by atoms with Gasteiger partial charge in [0, 0.05) is 31.0 Å². The maximum Gasteiger partial charge on any atom is 0.303 e. The summed E-state index contributed by atoms with van der Waals surface area (Å²) in [5.41, 5.74) is 6.25. The Morgan fingerprint density at radius 3 is 1.88 bits per heavy atom. The summed E-state index contributed by atoms with van der Waals surface area (Å²) in [6.07, 6.45) is 7.09. The van der Waals surface area contributed by atoms with E-state index in [1.807, 2.05) is 30.3 Å². The van der Waals surface area contributed by atoms with E-state index in [1.54, 1.807) is 6.92 Å². The fourth-order valence-electron chi connectivity index (χ4n) is 5.48. The highest BCUT2D eigenvalue weighted by atomic mass is 16.4. The molecule has 0 radical (unpaired) electrons. The zero-order valence-electron chi connectivity index (χ0n) is 24.7. The van der Waals surface area contributed by atoms with Gasteiger partial charge in [0.15, 0.2) is 0 Å². The summed E-state index contributed by atoms with van der Waals surface area (Å²) in [5.74, 6) is 0.394. The van der Waals surface area contributed by atoms with Crippen LogP contribution in [0.15, 0.2) is 115 Å². The Morgan fingerprint density at radius 2 is 1.36 bits per heavy atom. The molecule has 4 aromatic carbocycles. The summed E-state index contributed by atoms with van der Waals surface area (Å²) in [5, 5.41) is 7.72. The van der Waals surface area contributed by atoms with Crippen LogP contribution in [0.25, 0.3) is 0 Å². The van der Waals surface area contributed by atoms with Crippen molar-refractivity contribution in [3.63, 3.8) is 0 Å². The minimum atomic E-state index is -0.745. The normalized spacial score (nSPS) is 12.6. The number of nitrogens with zero attached hydrogens (tertiary/aromatic N) is 1. The van der Waals surface area contributed by atoms with Gasteiger partial charge in [-0.2, -0.15) is 0 Å². The molecule has 1 amide bonds. The van der Waals surface area contributed by atoms with Gasteiger partial charge in [-0.1, -0.05) is 116 Å². The molecule has 0 spiro atoms. The number of carbonyl (C=O) groups excluding carboxylic acids is 1. The molecule has 0 saturated heterocycles. The van der Waals surface area contributed by atoms with Crippen LogP contribution in [0.5, 0.6) is 0 Å². The lowest BCUT2D eigenvalue weighted by Gasteiger charge is -2.27. The van der Waals surface area contributed by atoms with Gasteiger partial charge in [0.05, 0.1) is 0 Å². The third-order valence-electron chi connectivity index (χ3n) is 8.12. The van der Waals surface area contributed by atoms with Crippen molar-refractivity contribution < 1.29 is 14.7 Å². The molecule has 0 aromatic heterocycles. The molecule has 1 N–H and O–H groups in total. The van der Waals surface area contributed by atoms with Gasteiger partial charge >= 0.3 is 5.97 Å². The average Bonchev–Trinajstić information content (AvgIpc) is 3.01. The standard InChI is InChI=1S/C35H37NO.C3H6O2/c37-35(32-19-8-3-9-20-32)36(25-12-14-28-13-10-23-33(27-28)29-21-11-22-29)26-24-34(30-15-4-1-5-16-30)31-17-6-2-7-18-31;1-2-3(4)5/h1-10,13,15-20,23,27,29,34H,11-12,14,21-22,24-26H2;2H2,1H3,(H,4,5). The molecule has 5 rings (SSSR count). The first-order valence-electron chi connectivity index (χ1n) is 15.3. The van der Waals surface area contributed by atoms with Crippen molar-refractivity contribution in [3.05, 3.63) is 143 Å².